The van der Waals surface area contributed by atoms with Crippen LogP contribution in [-0.4, -0.2) is 24.5 Å². The summed E-state index contributed by atoms with van der Waals surface area (Å²) in [6, 6.07) is 3.42. The van der Waals surface area contributed by atoms with Crippen LogP contribution in [0.4, 0.5) is 0 Å². The number of nitrogens with two attached hydrogens (primary N) is 1. The maximum absolute atomic E-state index is 12.1. The average Bonchev–Trinajstić information content (AvgIpc) is 2.88. The molecule has 3 N–H and O–H groups in total. The first-order valence-electron chi connectivity index (χ1n) is 6.25. The molecule has 0 saturated heterocycles. The van der Waals surface area contributed by atoms with Crippen LogP contribution in [-0.2, 0) is 14.3 Å². The van der Waals surface area contributed by atoms with E-state index in [0.717, 1.165) is 11.3 Å². The smallest absolute Gasteiger partial charge is 0.307 e. The molecule has 1 aliphatic carbocycles. The Hall–Kier alpha value is -1.40. The number of nitrogens with one attached hydrogen (secondary N) is 1. The Labute approximate surface area is 116 Å². The van der Waals surface area contributed by atoms with Crippen molar-refractivity contribution in [2.24, 2.45) is 5.73 Å². The van der Waals surface area contributed by atoms with Crippen LogP contribution in [0.5, 0.6) is 0 Å². The molecule has 1 unspecified atom stereocenters. The molecular weight excluding hydrogens is 264 g/mol. The third-order valence-electron chi connectivity index (χ3n) is 3.49. The standard InChI is InChI=1S/C13H18N2O3S/c1-18-11(16)8-9(10-4-2-7-19-10)15-12(17)13(14)5-3-6-13/h2,4,7,9H,3,5-6,8,14H2,1H3,(H,15,17). The molecule has 1 aliphatic rings. The molecular formula is C13H18N2O3S. The predicted molar refractivity (Wildman–Crippen MR) is 72.6 cm³/mol. The normalized spacial score (nSPS) is 18.2. The zero-order valence-corrected chi connectivity index (χ0v) is 11.7. The number of hydrogen-bond acceptors (Lipinski definition) is 5. The summed E-state index contributed by atoms with van der Waals surface area (Å²) in [7, 11) is 1.34. The Bertz CT molecular complexity index is 454. The van der Waals surface area contributed by atoms with Gasteiger partial charge in [-0.3, -0.25) is 9.59 Å². The largest absolute Gasteiger partial charge is 0.469 e. The molecule has 0 aliphatic heterocycles. The van der Waals surface area contributed by atoms with Crippen molar-refractivity contribution in [1.29, 1.82) is 0 Å². The molecule has 1 heterocycles. The van der Waals surface area contributed by atoms with Gasteiger partial charge < -0.3 is 15.8 Å². The van der Waals surface area contributed by atoms with Crippen LogP contribution in [0.1, 0.15) is 36.6 Å². The third-order valence-corrected chi connectivity index (χ3v) is 4.47. The summed E-state index contributed by atoms with van der Waals surface area (Å²) in [4.78, 5) is 24.5. The number of methoxy groups -OCH3 is 1. The minimum absolute atomic E-state index is 0.124. The van der Waals surface area contributed by atoms with Crippen molar-refractivity contribution in [3.05, 3.63) is 22.4 Å². The van der Waals surface area contributed by atoms with Gasteiger partial charge in [0.05, 0.1) is 25.1 Å². The van der Waals surface area contributed by atoms with Gasteiger partial charge in [-0.1, -0.05) is 6.07 Å². The van der Waals surface area contributed by atoms with E-state index in [4.69, 9.17) is 5.73 Å². The summed E-state index contributed by atoms with van der Waals surface area (Å²) in [6.45, 7) is 0. The molecule has 104 valence electrons. The molecule has 2 rings (SSSR count). The summed E-state index contributed by atoms with van der Waals surface area (Å²) in [5, 5.41) is 4.78. The van der Waals surface area contributed by atoms with Gasteiger partial charge in [0.2, 0.25) is 5.91 Å². The quantitative estimate of drug-likeness (QED) is 0.799. The van der Waals surface area contributed by atoms with Crippen molar-refractivity contribution in [2.45, 2.75) is 37.3 Å². The van der Waals surface area contributed by atoms with Gasteiger partial charge in [-0.15, -0.1) is 11.3 Å². The lowest BCUT2D eigenvalue weighted by atomic mass is 9.77. The molecule has 0 spiro atoms. The van der Waals surface area contributed by atoms with E-state index < -0.39 is 5.54 Å². The molecule has 1 amide bonds. The number of esters is 1. The number of carbonyl (C=O) groups excluding carboxylic acids is 2. The first-order chi connectivity index (χ1) is 9.05. The van der Waals surface area contributed by atoms with E-state index in [-0.39, 0.29) is 24.3 Å². The molecule has 1 aromatic heterocycles. The van der Waals surface area contributed by atoms with E-state index in [1.54, 1.807) is 0 Å². The van der Waals surface area contributed by atoms with Crippen molar-refractivity contribution in [3.8, 4) is 0 Å². The van der Waals surface area contributed by atoms with Crippen LogP contribution in [0.3, 0.4) is 0 Å². The van der Waals surface area contributed by atoms with Gasteiger partial charge in [-0.25, -0.2) is 0 Å². The Kier molecular flexibility index (Phi) is 4.21. The van der Waals surface area contributed by atoms with Gasteiger partial charge in [0.1, 0.15) is 0 Å². The van der Waals surface area contributed by atoms with Gasteiger partial charge in [-0.2, -0.15) is 0 Å². The molecule has 1 atom stereocenters. The highest BCUT2D eigenvalue weighted by Gasteiger charge is 2.41. The van der Waals surface area contributed by atoms with E-state index in [9.17, 15) is 9.59 Å². The fourth-order valence-electron chi connectivity index (χ4n) is 2.05. The molecule has 1 aromatic rings. The number of thiophene rings is 1. The van der Waals surface area contributed by atoms with Gasteiger partial charge in [0, 0.05) is 4.88 Å². The SMILES string of the molecule is COC(=O)CC(NC(=O)C1(N)CCC1)c1cccs1. The molecule has 5 nitrogen and oxygen atoms in total. The monoisotopic (exact) mass is 282 g/mol. The Morgan fingerprint density at radius 3 is 2.79 bits per heavy atom. The topological polar surface area (TPSA) is 81.4 Å². The van der Waals surface area contributed by atoms with E-state index >= 15 is 0 Å². The highest BCUT2D eigenvalue weighted by atomic mass is 32.1. The molecule has 0 radical (unpaired) electrons. The number of hydrogen-bond donors (Lipinski definition) is 2. The van der Waals surface area contributed by atoms with Crippen LogP contribution < -0.4 is 11.1 Å². The van der Waals surface area contributed by atoms with Crippen LogP contribution in [0.15, 0.2) is 17.5 Å². The average molecular weight is 282 g/mol. The molecule has 19 heavy (non-hydrogen) atoms. The van der Waals surface area contributed by atoms with Crippen LogP contribution in [0.2, 0.25) is 0 Å². The van der Waals surface area contributed by atoms with Crippen LogP contribution in [0.25, 0.3) is 0 Å². The van der Waals surface area contributed by atoms with Crippen molar-refractivity contribution >= 4 is 23.2 Å². The summed E-state index contributed by atoms with van der Waals surface area (Å²) in [5.74, 6) is -0.528. The minimum Gasteiger partial charge on any atom is -0.469 e. The molecule has 6 heteroatoms. The van der Waals surface area contributed by atoms with Crippen molar-refractivity contribution < 1.29 is 14.3 Å². The van der Waals surface area contributed by atoms with Crippen molar-refractivity contribution in [2.75, 3.05) is 7.11 Å². The second kappa shape index (κ2) is 5.71. The summed E-state index contributed by atoms with van der Waals surface area (Å²) in [6.07, 6.45) is 2.51. The maximum atomic E-state index is 12.1. The summed E-state index contributed by atoms with van der Waals surface area (Å²) < 4.78 is 4.67. The van der Waals surface area contributed by atoms with Crippen molar-refractivity contribution in [3.63, 3.8) is 0 Å². The van der Waals surface area contributed by atoms with Gasteiger partial charge >= 0.3 is 5.97 Å². The Morgan fingerprint density at radius 1 is 1.58 bits per heavy atom. The lowest BCUT2D eigenvalue weighted by Crippen LogP contribution is -2.59. The van der Waals surface area contributed by atoms with E-state index in [1.165, 1.54) is 18.4 Å². The van der Waals surface area contributed by atoms with Gasteiger partial charge in [0.15, 0.2) is 0 Å². The lowest BCUT2D eigenvalue weighted by molar-refractivity contribution is -0.141. The highest BCUT2D eigenvalue weighted by molar-refractivity contribution is 7.10. The van der Waals surface area contributed by atoms with Crippen LogP contribution >= 0.6 is 11.3 Å². The molecule has 0 bridgehead atoms. The highest BCUT2D eigenvalue weighted by Crippen LogP contribution is 2.31. The maximum Gasteiger partial charge on any atom is 0.307 e. The third kappa shape index (κ3) is 3.13. The van der Waals surface area contributed by atoms with Gasteiger partial charge in [0.25, 0.3) is 0 Å². The number of carbonyl (C=O) groups is 2. The van der Waals surface area contributed by atoms with E-state index in [2.05, 4.69) is 10.1 Å². The number of ether oxygens (including phenoxy) is 1. The zero-order valence-electron chi connectivity index (χ0n) is 10.8. The molecule has 1 fully saturated rings. The van der Waals surface area contributed by atoms with E-state index in [0.29, 0.717) is 12.8 Å². The Morgan fingerprint density at radius 2 is 2.32 bits per heavy atom. The fourth-order valence-corrected chi connectivity index (χ4v) is 2.83. The van der Waals surface area contributed by atoms with Crippen LogP contribution in [0, 0.1) is 0 Å². The second-order valence-corrected chi connectivity index (χ2v) is 5.81. The van der Waals surface area contributed by atoms with Crippen molar-refractivity contribution in [1.82, 2.24) is 5.32 Å². The summed E-state index contributed by atoms with van der Waals surface area (Å²) in [5.41, 5.74) is 5.23. The van der Waals surface area contributed by atoms with Gasteiger partial charge in [-0.05, 0) is 30.7 Å². The summed E-state index contributed by atoms with van der Waals surface area (Å²) >= 11 is 1.50. The lowest BCUT2D eigenvalue weighted by Gasteiger charge is -2.37. The Balaban J connectivity index is 2.05. The second-order valence-electron chi connectivity index (χ2n) is 4.83. The predicted octanol–water partition coefficient (Wildman–Crippen LogP) is 1.35. The first kappa shape index (κ1) is 14.0. The molecule has 0 aromatic carbocycles. The number of amides is 1. The minimum atomic E-state index is -0.758. The fraction of sp³-hybridized carbons (Fsp3) is 0.538. The first-order valence-corrected chi connectivity index (χ1v) is 7.13. The zero-order chi connectivity index (χ0) is 13.9. The molecule has 1 saturated carbocycles. The number of rotatable bonds is 5. The van der Waals surface area contributed by atoms with E-state index in [1.807, 2.05) is 17.5 Å².